The molecule has 0 unspecified atom stereocenters. The summed E-state index contributed by atoms with van der Waals surface area (Å²) in [5.41, 5.74) is 4.85. The smallest absolute Gasteiger partial charge is 0.255 e. The highest BCUT2D eigenvalue weighted by Gasteiger charge is 2.18. The largest absolute Gasteiger partial charge is 0.487 e. The minimum atomic E-state index is -0.208. The molecule has 1 aliphatic rings. The summed E-state index contributed by atoms with van der Waals surface area (Å²) in [6, 6.07) is 14.7. The van der Waals surface area contributed by atoms with Crippen LogP contribution in [0, 0.1) is 0 Å². The average molecular weight is 422 g/mol. The van der Waals surface area contributed by atoms with Crippen LogP contribution in [0.2, 0.25) is 0 Å². The van der Waals surface area contributed by atoms with Gasteiger partial charge in [0.05, 0.1) is 11.2 Å². The van der Waals surface area contributed by atoms with Crippen molar-refractivity contribution in [2.45, 2.75) is 32.4 Å². The summed E-state index contributed by atoms with van der Waals surface area (Å²) < 4.78 is 5.73. The van der Waals surface area contributed by atoms with Gasteiger partial charge in [0.2, 0.25) is 5.91 Å². The number of anilines is 1. The van der Waals surface area contributed by atoms with Crippen LogP contribution in [-0.2, 0) is 17.9 Å². The third kappa shape index (κ3) is 5.24. The van der Waals surface area contributed by atoms with E-state index in [1.54, 1.807) is 23.7 Å². The number of hydrogen-bond acceptors (Lipinski definition) is 5. The van der Waals surface area contributed by atoms with E-state index in [1.807, 2.05) is 40.6 Å². The number of rotatable bonds is 7. The Balaban J connectivity index is 1.38. The maximum absolute atomic E-state index is 12.7. The minimum absolute atomic E-state index is 0.199. The molecule has 1 fully saturated rings. The standard InChI is InChI=1S/C23H23N3O3S/c27-22-9-1-2-10-26(22)13-17-5-3-7-19(11-17)25-23(28)18-6-4-8-21(12-18)29-14-20-15-30-16-24-20/h3-8,11-12,15-16H,1-2,9-10,13-14H2,(H,25,28). The second-order valence-corrected chi connectivity index (χ2v) is 7.94. The molecule has 1 aromatic heterocycles. The first kappa shape index (κ1) is 20.1. The number of benzene rings is 2. The number of carbonyl (C=O) groups is 2. The van der Waals surface area contributed by atoms with Crippen LogP contribution in [0.3, 0.4) is 0 Å². The number of ether oxygens (including phenoxy) is 1. The topological polar surface area (TPSA) is 71.5 Å². The van der Waals surface area contributed by atoms with Crippen LogP contribution in [0.25, 0.3) is 0 Å². The Morgan fingerprint density at radius 2 is 2.07 bits per heavy atom. The van der Waals surface area contributed by atoms with E-state index in [-0.39, 0.29) is 11.8 Å². The number of hydrogen-bond donors (Lipinski definition) is 1. The molecule has 3 aromatic rings. The molecule has 1 aliphatic heterocycles. The van der Waals surface area contributed by atoms with Gasteiger partial charge in [-0.25, -0.2) is 4.98 Å². The SMILES string of the molecule is O=C(Nc1cccc(CN2CCCCC2=O)c1)c1cccc(OCc2cscn2)c1. The van der Waals surface area contributed by atoms with Crippen LogP contribution in [0.5, 0.6) is 5.75 Å². The highest BCUT2D eigenvalue weighted by atomic mass is 32.1. The predicted molar refractivity (Wildman–Crippen MR) is 117 cm³/mol. The number of piperidine rings is 1. The molecule has 0 radical (unpaired) electrons. The van der Waals surface area contributed by atoms with E-state index >= 15 is 0 Å². The van der Waals surface area contributed by atoms with Crippen molar-refractivity contribution in [3.8, 4) is 5.75 Å². The number of nitrogens with zero attached hydrogens (tertiary/aromatic N) is 2. The number of likely N-dealkylation sites (tertiary alicyclic amines) is 1. The van der Waals surface area contributed by atoms with Gasteiger partial charge in [-0.1, -0.05) is 18.2 Å². The van der Waals surface area contributed by atoms with Crippen molar-refractivity contribution in [3.63, 3.8) is 0 Å². The van der Waals surface area contributed by atoms with Gasteiger partial charge < -0.3 is 15.0 Å². The monoisotopic (exact) mass is 421 g/mol. The fourth-order valence-electron chi connectivity index (χ4n) is 3.39. The summed E-state index contributed by atoms with van der Waals surface area (Å²) in [5.74, 6) is 0.610. The highest BCUT2D eigenvalue weighted by Crippen LogP contribution is 2.19. The lowest BCUT2D eigenvalue weighted by Crippen LogP contribution is -2.34. The number of nitrogens with one attached hydrogen (secondary N) is 1. The van der Waals surface area contributed by atoms with Gasteiger partial charge in [-0.15, -0.1) is 11.3 Å². The second-order valence-electron chi connectivity index (χ2n) is 7.22. The Hall–Kier alpha value is -3.19. The molecule has 6 nitrogen and oxygen atoms in total. The van der Waals surface area contributed by atoms with Crippen molar-refractivity contribution in [1.29, 1.82) is 0 Å². The van der Waals surface area contributed by atoms with Crippen LogP contribution in [0.4, 0.5) is 5.69 Å². The van der Waals surface area contributed by atoms with Crippen LogP contribution >= 0.6 is 11.3 Å². The summed E-state index contributed by atoms with van der Waals surface area (Å²) in [6.45, 7) is 1.73. The Morgan fingerprint density at radius 1 is 1.17 bits per heavy atom. The maximum atomic E-state index is 12.7. The minimum Gasteiger partial charge on any atom is -0.487 e. The fraction of sp³-hybridized carbons (Fsp3) is 0.261. The van der Waals surface area contributed by atoms with E-state index in [9.17, 15) is 9.59 Å². The van der Waals surface area contributed by atoms with Crippen molar-refractivity contribution in [1.82, 2.24) is 9.88 Å². The molecule has 1 N–H and O–H groups in total. The Kier molecular flexibility index (Phi) is 6.39. The van der Waals surface area contributed by atoms with Gasteiger partial charge >= 0.3 is 0 Å². The molecule has 0 aliphatic carbocycles. The van der Waals surface area contributed by atoms with Crippen LogP contribution < -0.4 is 10.1 Å². The zero-order valence-electron chi connectivity index (χ0n) is 16.5. The van der Waals surface area contributed by atoms with Crippen molar-refractivity contribution in [3.05, 3.63) is 76.2 Å². The van der Waals surface area contributed by atoms with Gasteiger partial charge in [-0.2, -0.15) is 0 Å². The first-order valence-electron chi connectivity index (χ1n) is 9.95. The number of aromatic nitrogens is 1. The number of carbonyl (C=O) groups excluding carboxylic acids is 2. The highest BCUT2D eigenvalue weighted by molar-refractivity contribution is 7.07. The zero-order chi connectivity index (χ0) is 20.8. The molecule has 4 rings (SSSR count). The Morgan fingerprint density at radius 3 is 2.90 bits per heavy atom. The molecule has 2 heterocycles. The van der Waals surface area contributed by atoms with Gasteiger partial charge in [-0.3, -0.25) is 9.59 Å². The van der Waals surface area contributed by atoms with Gasteiger partial charge in [-0.05, 0) is 48.7 Å². The van der Waals surface area contributed by atoms with Gasteiger partial charge in [0, 0.05) is 36.1 Å². The first-order valence-corrected chi connectivity index (χ1v) is 10.9. The normalized spacial score (nSPS) is 13.9. The fourth-order valence-corrected chi connectivity index (χ4v) is 3.94. The molecule has 0 saturated carbocycles. The lowest BCUT2D eigenvalue weighted by Gasteiger charge is -2.26. The van der Waals surface area contributed by atoms with Crippen LogP contribution in [0.15, 0.2) is 59.4 Å². The second kappa shape index (κ2) is 9.54. The van der Waals surface area contributed by atoms with E-state index in [1.165, 1.54) is 11.3 Å². The summed E-state index contributed by atoms with van der Waals surface area (Å²) in [6.07, 6.45) is 2.64. The van der Waals surface area contributed by atoms with Crippen molar-refractivity contribution in [2.75, 3.05) is 11.9 Å². The lowest BCUT2D eigenvalue weighted by atomic mass is 10.1. The van der Waals surface area contributed by atoms with E-state index in [4.69, 9.17) is 4.74 Å². The molecule has 0 atom stereocenters. The van der Waals surface area contributed by atoms with Gasteiger partial charge in [0.25, 0.3) is 5.91 Å². The average Bonchev–Trinajstić information content (AvgIpc) is 3.28. The molecular weight excluding hydrogens is 398 g/mol. The summed E-state index contributed by atoms with van der Waals surface area (Å²) in [7, 11) is 0. The number of amides is 2. The Bertz CT molecular complexity index is 1020. The molecule has 0 bridgehead atoms. The molecule has 2 amide bonds. The zero-order valence-corrected chi connectivity index (χ0v) is 17.4. The van der Waals surface area contributed by atoms with Gasteiger partial charge in [0.1, 0.15) is 12.4 Å². The van der Waals surface area contributed by atoms with Gasteiger partial charge in [0.15, 0.2) is 0 Å². The molecule has 0 spiro atoms. The summed E-state index contributed by atoms with van der Waals surface area (Å²) in [5, 5.41) is 4.87. The predicted octanol–water partition coefficient (Wildman–Crippen LogP) is 4.49. The van der Waals surface area contributed by atoms with Crippen molar-refractivity contribution >= 4 is 28.8 Å². The van der Waals surface area contributed by atoms with Crippen LogP contribution in [0.1, 0.15) is 40.9 Å². The van der Waals surface area contributed by atoms with Crippen molar-refractivity contribution in [2.24, 2.45) is 0 Å². The third-order valence-corrected chi connectivity index (χ3v) is 5.58. The van der Waals surface area contributed by atoms with E-state index < -0.39 is 0 Å². The van der Waals surface area contributed by atoms with E-state index in [0.717, 1.165) is 30.6 Å². The molecule has 30 heavy (non-hydrogen) atoms. The lowest BCUT2D eigenvalue weighted by molar-refractivity contribution is -0.133. The first-order chi connectivity index (χ1) is 14.7. The Labute approximate surface area is 179 Å². The van der Waals surface area contributed by atoms with Crippen molar-refractivity contribution < 1.29 is 14.3 Å². The molecule has 2 aromatic carbocycles. The van der Waals surface area contributed by atoms with Crippen LogP contribution in [-0.4, -0.2) is 28.2 Å². The van der Waals surface area contributed by atoms with E-state index in [2.05, 4.69) is 10.3 Å². The molecular formula is C23H23N3O3S. The maximum Gasteiger partial charge on any atom is 0.255 e. The molecule has 154 valence electrons. The van der Waals surface area contributed by atoms with E-state index in [0.29, 0.717) is 36.6 Å². The summed E-state index contributed by atoms with van der Waals surface area (Å²) in [4.78, 5) is 30.8. The summed E-state index contributed by atoms with van der Waals surface area (Å²) >= 11 is 1.52. The third-order valence-electron chi connectivity index (χ3n) is 4.95. The molecule has 1 saturated heterocycles. The quantitative estimate of drug-likeness (QED) is 0.610. The molecule has 7 heteroatoms. The number of thiazole rings is 1.